The van der Waals surface area contributed by atoms with Crippen LogP contribution in [0.2, 0.25) is 0 Å². The molecule has 4 nitrogen and oxygen atoms in total. The first-order chi connectivity index (χ1) is 8.58. The summed E-state index contributed by atoms with van der Waals surface area (Å²) in [5, 5.41) is 2.65. The van der Waals surface area contributed by atoms with Crippen LogP contribution in [0, 0.1) is 5.82 Å². The Morgan fingerprint density at radius 2 is 2.22 bits per heavy atom. The largest absolute Gasteiger partial charge is 0.492 e. The maximum Gasteiger partial charge on any atom is 0.241 e. The zero-order valence-electron chi connectivity index (χ0n) is 10.7. The topological polar surface area (TPSA) is 64.4 Å². The van der Waals surface area contributed by atoms with Gasteiger partial charge in [-0.3, -0.25) is 4.79 Å². The molecule has 0 saturated heterocycles. The number of anilines is 1. The van der Waals surface area contributed by atoms with Crippen molar-refractivity contribution < 1.29 is 13.9 Å². The van der Waals surface area contributed by atoms with Gasteiger partial charge in [0.1, 0.15) is 11.6 Å². The van der Waals surface area contributed by atoms with Crippen molar-refractivity contribution in [1.82, 2.24) is 0 Å². The summed E-state index contributed by atoms with van der Waals surface area (Å²) < 4.78 is 18.3. The van der Waals surface area contributed by atoms with Crippen molar-refractivity contribution in [2.75, 3.05) is 11.9 Å². The van der Waals surface area contributed by atoms with Crippen LogP contribution in [0.15, 0.2) is 18.2 Å². The Balaban J connectivity index is 2.80. The molecule has 0 aromatic heterocycles. The number of benzene rings is 1. The van der Waals surface area contributed by atoms with Crippen LogP contribution < -0.4 is 15.8 Å². The van der Waals surface area contributed by atoms with Gasteiger partial charge < -0.3 is 15.8 Å². The normalized spacial score (nSPS) is 12.0. The minimum absolute atomic E-state index is 0.288. The van der Waals surface area contributed by atoms with Crippen LogP contribution in [0.4, 0.5) is 10.1 Å². The molecule has 18 heavy (non-hydrogen) atoms. The molecule has 3 N–H and O–H groups in total. The lowest BCUT2D eigenvalue weighted by atomic mass is 10.1. The second-order valence-electron chi connectivity index (χ2n) is 3.96. The van der Waals surface area contributed by atoms with Gasteiger partial charge in [-0.05, 0) is 25.5 Å². The Morgan fingerprint density at radius 1 is 1.50 bits per heavy atom. The van der Waals surface area contributed by atoms with Gasteiger partial charge in [0.15, 0.2) is 0 Å². The first-order valence-electron chi connectivity index (χ1n) is 6.07. The molecule has 100 valence electrons. The molecule has 1 aromatic rings. The molecule has 0 saturated carbocycles. The maximum atomic E-state index is 13.1. The van der Waals surface area contributed by atoms with Gasteiger partial charge in [0.2, 0.25) is 5.91 Å². The number of carbonyl (C=O) groups is 1. The number of hydrogen-bond donors (Lipinski definition) is 2. The Kier molecular flexibility index (Phi) is 5.58. The summed E-state index contributed by atoms with van der Waals surface area (Å²) in [5.74, 6) is -0.381. The van der Waals surface area contributed by atoms with E-state index >= 15 is 0 Å². The number of rotatable bonds is 6. The minimum atomic E-state index is -0.561. The lowest BCUT2D eigenvalue weighted by Gasteiger charge is -2.14. The van der Waals surface area contributed by atoms with Gasteiger partial charge >= 0.3 is 0 Å². The smallest absolute Gasteiger partial charge is 0.241 e. The van der Waals surface area contributed by atoms with E-state index in [0.29, 0.717) is 24.5 Å². The van der Waals surface area contributed by atoms with Crippen molar-refractivity contribution in [3.8, 4) is 5.75 Å². The van der Waals surface area contributed by atoms with Crippen molar-refractivity contribution in [3.05, 3.63) is 24.0 Å². The quantitative estimate of drug-likeness (QED) is 0.818. The van der Waals surface area contributed by atoms with E-state index < -0.39 is 11.9 Å². The molecular weight excluding hydrogens is 235 g/mol. The maximum absolute atomic E-state index is 13.1. The van der Waals surface area contributed by atoms with Gasteiger partial charge in [-0.25, -0.2) is 4.39 Å². The lowest BCUT2D eigenvalue weighted by Crippen LogP contribution is -2.35. The average Bonchev–Trinajstić information content (AvgIpc) is 2.33. The summed E-state index contributed by atoms with van der Waals surface area (Å²) in [6.07, 6.45) is 1.44. The minimum Gasteiger partial charge on any atom is -0.492 e. The molecule has 0 unspecified atom stereocenters. The molecule has 0 aliphatic rings. The summed E-state index contributed by atoms with van der Waals surface area (Å²) >= 11 is 0. The van der Waals surface area contributed by atoms with Gasteiger partial charge in [-0.1, -0.05) is 13.3 Å². The van der Waals surface area contributed by atoms with Crippen molar-refractivity contribution in [2.45, 2.75) is 32.7 Å². The predicted octanol–water partition coefficient (Wildman–Crippen LogP) is 2.29. The summed E-state index contributed by atoms with van der Waals surface area (Å²) in [4.78, 5) is 11.8. The van der Waals surface area contributed by atoms with Crippen LogP contribution in [-0.2, 0) is 4.79 Å². The molecule has 1 rings (SSSR count). The van der Waals surface area contributed by atoms with E-state index in [2.05, 4.69) is 5.32 Å². The van der Waals surface area contributed by atoms with Crippen LogP contribution in [0.25, 0.3) is 0 Å². The van der Waals surface area contributed by atoms with Crippen LogP contribution in [0.1, 0.15) is 26.7 Å². The number of amides is 1. The summed E-state index contributed by atoms with van der Waals surface area (Å²) in [6.45, 7) is 4.14. The first-order valence-corrected chi connectivity index (χ1v) is 6.07. The fourth-order valence-electron chi connectivity index (χ4n) is 1.54. The van der Waals surface area contributed by atoms with Gasteiger partial charge in [-0.2, -0.15) is 0 Å². The third-order valence-corrected chi connectivity index (χ3v) is 2.44. The summed E-state index contributed by atoms with van der Waals surface area (Å²) in [6, 6.07) is 3.42. The highest BCUT2D eigenvalue weighted by Crippen LogP contribution is 2.25. The molecule has 0 radical (unpaired) electrons. The van der Waals surface area contributed by atoms with E-state index in [-0.39, 0.29) is 5.91 Å². The molecule has 1 amide bonds. The van der Waals surface area contributed by atoms with E-state index in [9.17, 15) is 9.18 Å². The first kappa shape index (κ1) is 14.4. The van der Waals surface area contributed by atoms with E-state index in [1.807, 2.05) is 6.92 Å². The number of carbonyl (C=O) groups excluding carboxylic acids is 1. The lowest BCUT2D eigenvalue weighted by molar-refractivity contribution is -0.117. The van der Waals surface area contributed by atoms with Crippen LogP contribution in [-0.4, -0.2) is 18.6 Å². The number of hydrogen-bond acceptors (Lipinski definition) is 3. The third kappa shape index (κ3) is 4.00. The predicted molar refractivity (Wildman–Crippen MR) is 69.1 cm³/mol. The summed E-state index contributed by atoms with van der Waals surface area (Å²) in [5.41, 5.74) is 6.14. The molecule has 1 atom stereocenters. The van der Waals surface area contributed by atoms with Gasteiger partial charge in [-0.15, -0.1) is 0 Å². The molecule has 0 heterocycles. The molecular formula is C13H19FN2O2. The van der Waals surface area contributed by atoms with Gasteiger partial charge in [0.05, 0.1) is 18.3 Å². The van der Waals surface area contributed by atoms with Crippen LogP contribution in [0.3, 0.4) is 0 Å². The zero-order chi connectivity index (χ0) is 13.5. The highest BCUT2D eigenvalue weighted by atomic mass is 19.1. The van der Waals surface area contributed by atoms with Gasteiger partial charge in [0, 0.05) is 6.07 Å². The summed E-state index contributed by atoms with van der Waals surface area (Å²) in [7, 11) is 0. The van der Waals surface area contributed by atoms with Gasteiger partial charge in [0.25, 0.3) is 0 Å². The highest BCUT2D eigenvalue weighted by molar-refractivity contribution is 5.95. The molecule has 0 fully saturated rings. The van der Waals surface area contributed by atoms with Crippen molar-refractivity contribution >= 4 is 11.6 Å². The molecule has 1 aromatic carbocycles. The van der Waals surface area contributed by atoms with E-state index in [4.69, 9.17) is 10.5 Å². The van der Waals surface area contributed by atoms with Crippen molar-refractivity contribution in [1.29, 1.82) is 0 Å². The van der Waals surface area contributed by atoms with E-state index in [1.165, 1.54) is 18.2 Å². The molecule has 0 spiro atoms. The van der Waals surface area contributed by atoms with Crippen LogP contribution >= 0.6 is 0 Å². The second kappa shape index (κ2) is 6.96. The SMILES string of the molecule is CCC[C@H](N)C(=O)Nc1ccc(F)cc1OCC. The number of ether oxygens (including phenoxy) is 1. The standard InChI is InChI=1S/C13H19FN2O2/c1-3-5-10(15)13(17)16-11-7-6-9(14)8-12(11)18-4-2/h6-8,10H,3-5,15H2,1-2H3,(H,16,17)/t10-/m0/s1. The Bertz CT molecular complexity index is 410. The molecule has 0 aliphatic carbocycles. The third-order valence-electron chi connectivity index (χ3n) is 2.44. The number of halogens is 1. The van der Waals surface area contributed by atoms with Crippen LogP contribution in [0.5, 0.6) is 5.75 Å². The fourth-order valence-corrected chi connectivity index (χ4v) is 1.54. The zero-order valence-corrected chi connectivity index (χ0v) is 10.7. The van der Waals surface area contributed by atoms with E-state index in [0.717, 1.165) is 6.42 Å². The highest BCUT2D eigenvalue weighted by Gasteiger charge is 2.15. The average molecular weight is 254 g/mol. The number of nitrogens with one attached hydrogen (secondary N) is 1. The monoisotopic (exact) mass is 254 g/mol. The van der Waals surface area contributed by atoms with Crippen molar-refractivity contribution in [3.63, 3.8) is 0 Å². The van der Waals surface area contributed by atoms with Crippen molar-refractivity contribution in [2.24, 2.45) is 5.73 Å². The Labute approximate surface area is 106 Å². The second-order valence-corrected chi connectivity index (χ2v) is 3.96. The number of nitrogens with two attached hydrogens (primary N) is 1. The Morgan fingerprint density at radius 3 is 2.83 bits per heavy atom. The molecule has 0 bridgehead atoms. The fraction of sp³-hybridized carbons (Fsp3) is 0.462. The van der Waals surface area contributed by atoms with E-state index in [1.54, 1.807) is 6.92 Å². The Hall–Kier alpha value is -1.62. The molecule has 0 aliphatic heterocycles. The molecule has 5 heteroatoms.